The van der Waals surface area contributed by atoms with Gasteiger partial charge in [-0.3, -0.25) is 9.59 Å². The van der Waals surface area contributed by atoms with Crippen LogP contribution in [0.25, 0.3) is 0 Å². The fourth-order valence-corrected chi connectivity index (χ4v) is 2.18. The van der Waals surface area contributed by atoms with Gasteiger partial charge in [0.25, 0.3) is 0 Å². The molecule has 2 N–H and O–H groups in total. The van der Waals surface area contributed by atoms with Gasteiger partial charge in [-0.25, -0.2) is 0 Å². The van der Waals surface area contributed by atoms with Crippen LogP contribution in [0.3, 0.4) is 0 Å². The standard InChI is InChI=1S/C13H15ClN2O2/c1-8(9-3-2-4-11(14)5-9)16-13(18)10-6-12(17)15-7-10/h2-5,8,10H,6-7H2,1H3,(H,15,17)(H,16,18). The molecule has 1 aromatic rings. The number of hydrogen-bond donors (Lipinski definition) is 2. The number of benzene rings is 1. The molecule has 96 valence electrons. The molecule has 1 aliphatic rings. The van der Waals surface area contributed by atoms with Crippen LogP contribution in [0.4, 0.5) is 0 Å². The molecule has 0 spiro atoms. The molecule has 2 unspecified atom stereocenters. The van der Waals surface area contributed by atoms with E-state index in [9.17, 15) is 9.59 Å². The van der Waals surface area contributed by atoms with E-state index in [2.05, 4.69) is 10.6 Å². The van der Waals surface area contributed by atoms with Crippen LogP contribution in [-0.4, -0.2) is 18.4 Å². The van der Waals surface area contributed by atoms with Crippen LogP contribution < -0.4 is 10.6 Å². The van der Waals surface area contributed by atoms with E-state index in [1.54, 1.807) is 6.07 Å². The van der Waals surface area contributed by atoms with Crippen molar-refractivity contribution in [3.05, 3.63) is 34.9 Å². The van der Waals surface area contributed by atoms with Crippen LogP contribution in [0.1, 0.15) is 24.9 Å². The van der Waals surface area contributed by atoms with Crippen LogP contribution >= 0.6 is 11.6 Å². The Morgan fingerprint density at radius 3 is 2.94 bits per heavy atom. The first-order chi connectivity index (χ1) is 8.56. The van der Waals surface area contributed by atoms with E-state index >= 15 is 0 Å². The Morgan fingerprint density at radius 2 is 2.33 bits per heavy atom. The number of rotatable bonds is 3. The summed E-state index contributed by atoms with van der Waals surface area (Å²) in [7, 11) is 0. The third-order valence-electron chi connectivity index (χ3n) is 3.06. The van der Waals surface area contributed by atoms with E-state index in [-0.39, 0.29) is 30.2 Å². The zero-order valence-corrected chi connectivity index (χ0v) is 10.8. The molecule has 2 amide bonds. The molecule has 1 aliphatic heterocycles. The SMILES string of the molecule is CC(NC(=O)C1CNC(=O)C1)c1cccc(Cl)c1. The highest BCUT2D eigenvalue weighted by Crippen LogP contribution is 2.18. The van der Waals surface area contributed by atoms with E-state index in [4.69, 9.17) is 11.6 Å². The fourth-order valence-electron chi connectivity index (χ4n) is 1.98. The molecule has 2 rings (SSSR count). The Balaban J connectivity index is 1.97. The monoisotopic (exact) mass is 266 g/mol. The number of carbonyl (C=O) groups excluding carboxylic acids is 2. The van der Waals surface area contributed by atoms with Gasteiger partial charge in [-0.2, -0.15) is 0 Å². The van der Waals surface area contributed by atoms with Crippen LogP contribution in [0, 0.1) is 5.92 Å². The van der Waals surface area contributed by atoms with Gasteiger partial charge in [-0.1, -0.05) is 23.7 Å². The molecule has 2 atom stereocenters. The van der Waals surface area contributed by atoms with E-state index in [1.807, 2.05) is 25.1 Å². The Kier molecular flexibility index (Phi) is 3.87. The lowest BCUT2D eigenvalue weighted by molar-refractivity contribution is -0.127. The van der Waals surface area contributed by atoms with E-state index in [0.29, 0.717) is 11.6 Å². The maximum Gasteiger partial charge on any atom is 0.225 e. The highest BCUT2D eigenvalue weighted by molar-refractivity contribution is 6.30. The molecule has 4 nitrogen and oxygen atoms in total. The first kappa shape index (κ1) is 12.9. The summed E-state index contributed by atoms with van der Waals surface area (Å²) < 4.78 is 0. The van der Waals surface area contributed by atoms with Gasteiger partial charge in [0.2, 0.25) is 11.8 Å². The quantitative estimate of drug-likeness (QED) is 0.874. The molecule has 0 saturated carbocycles. The van der Waals surface area contributed by atoms with Gasteiger partial charge < -0.3 is 10.6 Å². The predicted octanol–water partition coefficient (Wildman–Crippen LogP) is 1.65. The van der Waals surface area contributed by atoms with Gasteiger partial charge in [-0.15, -0.1) is 0 Å². The summed E-state index contributed by atoms with van der Waals surface area (Å²) in [6, 6.07) is 7.26. The first-order valence-corrected chi connectivity index (χ1v) is 6.26. The third-order valence-corrected chi connectivity index (χ3v) is 3.29. The second-order valence-corrected chi connectivity index (χ2v) is 4.93. The Hall–Kier alpha value is -1.55. The second kappa shape index (κ2) is 5.40. The molecule has 0 radical (unpaired) electrons. The minimum atomic E-state index is -0.265. The van der Waals surface area contributed by atoms with Gasteiger partial charge in [0.05, 0.1) is 12.0 Å². The predicted molar refractivity (Wildman–Crippen MR) is 69.1 cm³/mol. The van der Waals surface area contributed by atoms with Crippen molar-refractivity contribution in [1.29, 1.82) is 0 Å². The number of hydrogen-bond acceptors (Lipinski definition) is 2. The minimum absolute atomic E-state index is 0.0643. The van der Waals surface area contributed by atoms with Crippen molar-refractivity contribution in [3.63, 3.8) is 0 Å². The van der Waals surface area contributed by atoms with Gasteiger partial charge in [0.1, 0.15) is 0 Å². The molecule has 0 aromatic heterocycles. The van der Waals surface area contributed by atoms with E-state index < -0.39 is 0 Å². The number of nitrogens with one attached hydrogen (secondary N) is 2. The Labute approximate surface area is 111 Å². The summed E-state index contributed by atoms with van der Waals surface area (Å²) >= 11 is 5.90. The van der Waals surface area contributed by atoms with Crippen molar-refractivity contribution in [1.82, 2.24) is 10.6 Å². The zero-order valence-electron chi connectivity index (χ0n) is 10.1. The maximum absolute atomic E-state index is 11.9. The molecular formula is C13H15ClN2O2. The maximum atomic E-state index is 11.9. The van der Waals surface area contributed by atoms with Crippen LogP contribution in [0.15, 0.2) is 24.3 Å². The molecule has 5 heteroatoms. The largest absolute Gasteiger partial charge is 0.355 e. The Bertz CT molecular complexity index is 476. The lowest BCUT2D eigenvalue weighted by Crippen LogP contribution is -2.33. The average molecular weight is 267 g/mol. The van der Waals surface area contributed by atoms with Gasteiger partial charge in [-0.05, 0) is 24.6 Å². The van der Waals surface area contributed by atoms with Crippen LogP contribution in [-0.2, 0) is 9.59 Å². The van der Waals surface area contributed by atoms with Crippen LogP contribution in [0.5, 0.6) is 0 Å². The van der Waals surface area contributed by atoms with Crippen molar-refractivity contribution in [2.45, 2.75) is 19.4 Å². The third kappa shape index (κ3) is 3.01. The average Bonchev–Trinajstić information content (AvgIpc) is 2.76. The Morgan fingerprint density at radius 1 is 1.56 bits per heavy atom. The van der Waals surface area contributed by atoms with Crippen molar-refractivity contribution in [3.8, 4) is 0 Å². The molecule has 1 fully saturated rings. The topological polar surface area (TPSA) is 58.2 Å². The zero-order chi connectivity index (χ0) is 13.1. The lowest BCUT2D eigenvalue weighted by atomic mass is 10.1. The number of carbonyl (C=O) groups is 2. The summed E-state index contributed by atoms with van der Waals surface area (Å²) in [5, 5.41) is 6.19. The summed E-state index contributed by atoms with van der Waals surface area (Å²) in [5.74, 6) is -0.425. The molecule has 1 heterocycles. The molecule has 0 bridgehead atoms. The summed E-state index contributed by atoms with van der Waals surface area (Å²) in [6.07, 6.45) is 0.272. The molecule has 1 saturated heterocycles. The molecule has 1 aromatic carbocycles. The molecule has 0 aliphatic carbocycles. The first-order valence-electron chi connectivity index (χ1n) is 5.89. The van der Waals surface area contributed by atoms with Gasteiger partial charge in [0.15, 0.2) is 0 Å². The summed E-state index contributed by atoms with van der Waals surface area (Å²) in [5.41, 5.74) is 0.952. The van der Waals surface area contributed by atoms with Crippen molar-refractivity contribution in [2.24, 2.45) is 5.92 Å². The number of amides is 2. The normalized spacial score (nSPS) is 20.3. The second-order valence-electron chi connectivity index (χ2n) is 4.49. The molecular weight excluding hydrogens is 252 g/mol. The van der Waals surface area contributed by atoms with Gasteiger partial charge >= 0.3 is 0 Å². The van der Waals surface area contributed by atoms with E-state index in [1.165, 1.54) is 0 Å². The molecule has 18 heavy (non-hydrogen) atoms. The fraction of sp³-hybridized carbons (Fsp3) is 0.385. The van der Waals surface area contributed by atoms with Crippen LogP contribution in [0.2, 0.25) is 5.02 Å². The van der Waals surface area contributed by atoms with Crippen molar-refractivity contribution in [2.75, 3.05) is 6.54 Å². The highest BCUT2D eigenvalue weighted by atomic mass is 35.5. The van der Waals surface area contributed by atoms with Crippen molar-refractivity contribution < 1.29 is 9.59 Å². The number of halogens is 1. The van der Waals surface area contributed by atoms with E-state index in [0.717, 1.165) is 5.56 Å². The smallest absolute Gasteiger partial charge is 0.225 e. The summed E-state index contributed by atoms with van der Waals surface area (Å²) in [4.78, 5) is 23.0. The van der Waals surface area contributed by atoms with Crippen molar-refractivity contribution >= 4 is 23.4 Å². The lowest BCUT2D eigenvalue weighted by Gasteiger charge is -2.16. The summed E-state index contributed by atoms with van der Waals surface area (Å²) in [6.45, 7) is 2.32. The van der Waals surface area contributed by atoms with Gasteiger partial charge in [0, 0.05) is 18.0 Å². The highest BCUT2D eigenvalue weighted by Gasteiger charge is 2.28. The minimum Gasteiger partial charge on any atom is -0.355 e.